The number of carboxylic acid groups (broad SMARTS) is 1. The molecule has 1 amide bonds. The summed E-state index contributed by atoms with van der Waals surface area (Å²) >= 11 is 0. The molecule has 0 aliphatic carbocycles. The topological polar surface area (TPSA) is 78.9 Å². The first kappa shape index (κ1) is 21.2. The number of ether oxygens (including phenoxy) is 1. The number of nitrogens with one attached hydrogen (secondary N) is 1. The fourth-order valence-corrected chi connectivity index (χ4v) is 2.12. The van der Waals surface area contributed by atoms with E-state index < -0.39 is 12.0 Å². The minimum Gasteiger partial charge on any atom is -0.492 e. The van der Waals surface area contributed by atoms with Gasteiger partial charge in [-0.05, 0) is 38.9 Å². The second kappa shape index (κ2) is 10.9. The Labute approximate surface area is 143 Å². The van der Waals surface area contributed by atoms with Gasteiger partial charge in [-0.15, -0.1) is 12.4 Å². The van der Waals surface area contributed by atoms with E-state index in [4.69, 9.17) is 9.84 Å². The number of carbonyl (C=O) groups is 2. The number of nitrogens with zero attached hydrogens (tertiary/aromatic N) is 1. The third kappa shape index (κ3) is 6.88. The van der Waals surface area contributed by atoms with E-state index in [0.717, 1.165) is 6.42 Å². The summed E-state index contributed by atoms with van der Waals surface area (Å²) in [5, 5.41) is 11.8. The van der Waals surface area contributed by atoms with Crippen LogP contribution in [-0.4, -0.2) is 47.6 Å². The van der Waals surface area contributed by atoms with Crippen LogP contribution in [-0.2, 0) is 9.59 Å². The number of halogens is 1. The van der Waals surface area contributed by atoms with Crippen molar-refractivity contribution in [1.29, 1.82) is 0 Å². The van der Waals surface area contributed by atoms with E-state index >= 15 is 0 Å². The van der Waals surface area contributed by atoms with Gasteiger partial charge in [0.1, 0.15) is 5.75 Å². The summed E-state index contributed by atoms with van der Waals surface area (Å²) in [4.78, 5) is 24.9. The number of amides is 1. The highest BCUT2D eigenvalue weighted by Gasteiger charge is 2.23. The number of hydrogen-bond acceptors (Lipinski definition) is 4. The predicted molar refractivity (Wildman–Crippen MR) is 92.5 cm³/mol. The van der Waals surface area contributed by atoms with Gasteiger partial charge < -0.3 is 15.2 Å². The standard InChI is InChI=1S/C16H24N2O4.ClH/c1-4-10-18(11-15(19)20)12(3)16(21)17-13-8-6-7-9-14(13)22-5-2;/h6-9,12H,4-5,10-11H2,1-3H3,(H,17,21)(H,19,20);1H. The van der Waals surface area contributed by atoms with Crippen LogP contribution in [0.15, 0.2) is 24.3 Å². The normalized spacial score (nSPS) is 11.5. The third-order valence-electron chi connectivity index (χ3n) is 3.22. The Morgan fingerprint density at radius 3 is 2.52 bits per heavy atom. The first-order valence-corrected chi connectivity index (χ1v) is 7.48. The van der Waals surface area contributed by atoms with Gasteiger partial charge in [-0.3, -0.25) is 14.5 Å². The van der Waals surface area contributed by atoms with E-state index in [0.29, 0.717) is 24.6 Å². The number of benzene rings is 1. The van der Waals surface area contributed by atoms with Crippen LogP contribution in [0.2, 0.25) is 0 Å². The quantitative estimate of drug-likeness (QED) is 0.720. The van der Waals surface area contributed by atoms with Crippen LogP contribution in [0, 0.1) is 0 Å². The van der Waals surface area contributed by atoms with Crippen molar-refractivity contribution in [2.24, 2.45) is 0 Å². The molecule has 0 radical (unpaired) electrons. The average molecular weight is 345 g/mol. The molecule has 0 aliphatic heterocycles. The van der Waals surface area contributed by atoms with E-state index in [2.05, 4.69) is 5.32 Å². The number of rotatable bonds is 9. The number of anilines is 1. The first-order valence-electron chi connectivity index (χ1n) is 7.48. The largest absolute Gasteiger partial charge is 0.492 e. The number of carbonyl (C=O) groups excluding carboxylic acids is 1. The highest BCUT2D eigenvalue weighted by Crippen LogP contribution is 2.24. The van der Waals surface area contributed by atoms with E-state index in [9.17, 15) is 9.59 Å². The summed E-state index contributed by atoms with van der Waals surface area (Å²) in [6.45, 7) is 6.42. The maximum absolute atomic E-state index is 12.4. The van der Waals surface area contributed by atoms with Crippen LogP contribution in [0.25, 0.3) is 0 Å². The van der Waals surface area contributed by atoms with Gasteiger partial charge in [0.2, 0.25) is 5.91 Å². The molecule has 0 aliphatic rings. The van der Waals surface area contributed by atoms with Crippen LogP contribution >= 0.6 is 12.4 Å². The van der Waals surface area contributed by atoms with Crippen LogP contribution in [0.3, 0.4) is 0 Å². The van der Waals surface area contributed by atoms with Gasteiger partial charge in [0.15, 0.2) is 0 Å². The Morgan fingerprint density at radius 2 is 1.96 bits per heavy atom. The number of para-hydroxylation sites is 2. The van der Waals surface area contributed by atoms with Gasteiger partial charge in [0.05, 0.1) is 24.9 Å². The van der Waals surface area contributed by atoms with Crippen molar-refractivity contribution < 1.29 is 19.4 Å². The van der Waals surface area contributed by atoms with Crippen molar-refractivity contribution in [1.82, 2.24) is 4.90 Å². The monoisotopic (exact) mass is 344 g/mol. The summed E-state index contributed by atoms with van der Waals surface area (Å²) in [6, 6.07) is 6.65. The molecular formula is C16H25ClN2O4. The minimum absolute atomic E-state index is 0. The molecule has 1 unspecified atom stereocenters. The van der Waals surface area contributed by atoms with Crippen molar-refractivity contribution in [3.8, 4) is 5.75 Å². The van der Waals surface area contributed by atoms with Gasteiger partial charge in [-0.2, -0.15) is 0 Å². The van der Waals surface area contributed by atoms with Gasteiger partial charge >= 0.3 is 5.97 Å². The lowest BCUT2D eigenvalue weighted by molar-refractivity contribution is -0.139. The van der Waals surface area contributed by atoms with E-state index in [1.807, 2.05) is 26.0 Å². The fourth-order valence-electron chi connectivity index (χ4n) is 2.12. The molecule has 0 saturated heterocycles. The molecule has 1 rings (SSSR count). The molecule has 2 N–H and O–H groups in total. The lowest BCUT2D eigenvalue weighted by atomic mass is 10.2. The molecule has 1 aromatic rings. The molecule has 0 saturated carbocycles. The highest BCUT2D eigenvalue weighted by molar-refractivity contribution is 5.96. The molecule has 7 heteroatoms. The van der Waals surface area contributed by atoms with Crippen LogP contribution in [0.1, 0.15) is 27.2 Å². The Morgan fingerprint density at radius 1 is 1.30 bits per heavy atom. The second-order valence-corrected chi connectivity index (χ2v) is 4.96. The third-order valence-corrected chi connectivity index (χ3v) is 3.22. The van der Waals surface area contributed by atoms with Gasteiger partial charge in [-0.1, -0.05) is 19.1 Å². The van der Waals surface area contributed by atoms with Crippen molar-refractivity contribution in [3.63, 3.8) is 0 Å². The van der Waals surface area contributed by atoms with Crippen LogP contribution in [0.4, 0.5) is 5.69 Å². The van der Waals surface area contributed by atoms with E-state index in [-0.39, 0.29) is 24.9 Å². The molecule has 0 heterocycles. The van der Waals surface area contributed by atoms with Crippen molar-refractivity contribution in [2.45, 2.75) is 33.2 Å². The number of aliphatic carboxylic acids is 1. The van der Waals surface area contributed by atoms with Crippen molar-refractivity contribution in [3.05, 3.63) is 24.3 Å². The summed E-state index contributed by atoms with van der Waals surface area (Å²) in [7, 11) is 0. The molecular weight excluding hydrogens is 320 g/mol. The van der Waals surface area contributed by atoms with Crippen molar-refractivity contribution in [2.75, 3.05) is 25.0 Å². The molecule has 130 valence electrons. The zero-order valence-corrected chi connectivity index (χ0v) is 14.6. The minimum atomic E-state index is -0.942. The zero-order valence-electron chi connectivity index (χ0n) is 13.7. The summed E-state index contributed by atoms with van der Waals surface area (Å²) in [6.07, 6.45) is 0.778. The number of hydrogen-bond donors (Lipinski definition) is 2. The molecule has 0 bridgehead atoms. The molecule has 6 nitrogen and oxygen atoms in total. The predicted octanol–water partition coefficient (Wildman–Crippen LogP) is 2.63. The summed E-state index contributed by atoms with van der Waals surface area (Å²) < 4.78 is 5.47. The zero-order chi connectivity index (χ0) is 16.5. The maximum Gasteiger partial charge on any atom is 0.317 e. The molecule has 23 heavy (non-hydrogen) atoms. The second-order valence-electron chi connectivity index (χ2n) is 4.96. The van der Waals surface area contributed by atoms with Gasteiger partial charge in [0, 0.05) is 0 Å². The highest BCUT2D eigenvalue weighted by atomic mass is 35.5. The lowest BCUT2D eigenvalue weighted by Crippen LogP contribution is -2.45. The molecule has 0 fully saturated rings. The van der Waals surface area contributed by atoms with E-state index in [1.165, 1.54) is 0 Å². The summed E-state index contributed by atoms with van der Waals surface area (Å²) in [5.41, 5.74) is 0.591. The van der Waals surface area contributed by atoms with Crippen LogP contribution in [0.5, 0.6) is 5.75 Å². The van der Waals surface area contributed by atoms with Crippen molar-refractivity contribution >= 4 is 30.0 Å². The Hall–Kier alpha value is -1.79. The Kier molecular flexibility index (Phi) is 10.0. The van der Waals surface area contributed by atoms with Crippen LogP contribution < -0.4 is 10.1 Å². The SMILES string of the molecule is CCCN(CC(=O)O)C(C)C(=O)Nc1ccccc1OCC.Cl. The van der Waals surface area contributed by atoms with Gasteiger partial charge in [0.25, 0.3) is 0 Å². The average Bonchev–Trinajstić information content (AvgIpc) is 2.48. The van der Waals surface area contributed by atoms with E-state index in [1.54, 1.807) is 24.0 Å². The Balaban J connectivity index is 0.00000484. The molecule has 0 spiro atoms. The fraction of sp³-hybridized carbons (Fsp3) is 0.500. The summed E-state index contributed by atoms with van der Waals surface area (Å²) in [5.74, 6) is -0.588. The number of carboxylic acids is 1. The maximum atomic E-state index is 12.4. The smallest absolute Gasteiger partial charge is 0.317 e. The molecule has 1 atom stereocenters. The first-order chi connectivity index (χ1) is 10.5. The lowest BCUT2D eigenvalue weighted by Gasteiger charge is -2.26. The molecule has 0 aromatic heterocycles. The molecule has 1 aromatic carbocycles. The van der Waals surface area contributed by atoms with Gasteiger partial charge in [-0.25, -0.2) is 0 Å². The Bertz CT molecular complexity index is 511.